The number of thioether (sulfide) groups is 1. The Morgan fingerprint density at radius 2 is 1.89 bits per heavy atom. The molecule has 0 radical (unpaired) electrons. The first-order valence-corrected chi connectivity index (χ1v) is 8.26. The van der Waals surface area contributed by atoms with Crippen LogP contribution in [-0.2, 0) is 11.3 Å². The van der Waals surface area contributed by atoms with E-state index < -0.39 is 0 Å². The Morgan fingerprint density at radius 3 is 2.58 bits per heavy atom. The average molecular weight is 281 g/mol. The van der Waals surface area contributed by atoms with Crippen LogP contribution in [0.5, 0.6) is 0 Å². The van der Waals surface area contributed by atoms with Gasteiger partial charge in [-0.15, -0.1) is 11.8 Å². The predicted octanol–water partition coefficient (Wildman–Crippen LogP) is 4.10. The minimum Gasteiger partial charge on any atom is -0.383 e. The van der Waals surface area contributed by atoms with Crippen molar-refractivity contribution in [2.45, 2.75) is 44.0 Å². The summed E-state index contributed by atoms with van der Waals surface area (Å²) in [7, 11) is 1.73. The van der Waals surface area contributed by atoms with Gasteiger partial charge in [-0.25, -0.2) is 0 Å². The lowest BCUT2D eigenvalue weighted by Crippen LogP contribution is -2.18. The molecule has 0 amide bonds. The van der Waals surface area contributed by atoms with E-state index in [1.807, 2.05) is 11.8 Å². The summed E-state index contributed by atoms with van der Waals surface area (Å²) in [5, 5.41) is 3.36. The van der Waals surface area contributed by atoms with Crippen molar-refractivity contribution >= 4 is 11.8 Å². The third kappa shape index (κ3) is 8.30. The lowest BCUT2D eigenvalue weighted by molar-refractivity contribution is 0.199. The Balaban J connectivity index is 2.16. The van der Waals surface area contributed by atoms with Crippen molar-refractivity contribution in [2.24, 2.45) is 0 Å². The molecule has 0 aromatic heterocycles. The maximum Gasteiger partial charge on any atom is 0.0587 e. The highest BCUT2D eigenvalue weighted by atomic mass is 32.2. The van der Waals surface area contributed by atoms with Crippen molar-refractivity contribution in [1.29, 1.82) is 0 Å². The van der Waals surface area contributed by atoms with Gasteiger partial charge < -0.3 is 10.1 Å². The molecule has 1 rings (SSSR count). The molecule has 1 aromatic carbocycles. The van der Waals surface area contributed by atoms with E-state index in [2.05, 4.69) is 36.5 Å². The standard InChI is InChI=1S/C16H27NOS/c1-3-4-5-6-13-19-16-9-7-15(8-10-16)14-17-11-12-18-2/h7-10,17H,3-6,11-14H2,1-2H3. The summed E-state index contributed by atoms with van der Waals surface area (Å²) in [4.78, 5) is 1.39. The molecule has 0 saturated heterocycles. The summed E-state index contributed by atoms with van der Waals surface area (Å²) in [5.74, 6) is 1.24. The maximum absolute atomic E-state index is 5.01. The SMILES string of the molecule is CCCCCCSc1ccc(CNCCOC)cc1. The van der Waals surface area contributed by atoms with E-state index in [9.17, 15) is 0 Å². The van der Waals surface area contributed by atoms with Crippen molar-refractivity contribution in [1.82, 2.24) is 5.32 Å². The van der Waals surface area contributed by atoms with Crippen molar-refractivity contribution < 1.29 is 4.74 Å². The Bertz CT molecular complexity index is 313. The first kappa shape index (κ1) is 16.5. The second-order valence-corrected chi connectivity index (χ2v) is 5.89. The molecular weight excluding hydrogens is 254 g/mol. The molecule has 0 bridgehead atoms. The predicted molar refractivity (Wildman–Crippen MR) is 84.9 cm³/mol. The van der Waals surface area contributed by atoms with Crippen molar-refractivity contribution in [3.8, 4) is 0 Å². The van der Waals surface area contributed by atoms with Crippen LogP contribution in [0, 0.1) is 0 Å². The summed E-state index contributed by atoms with van der Waals surface area (Å²) in [6.45, 7) is 4.85. The van der Waals surface area contributed by atoms with Crippen LogP contribution >= 0.6 is 11.8 Å². The number of benzene rings is 1. The number of ether oxygens (including phenoxy) is 1. The molecule has 0 saturated carbocycles. The van der Waals surface area contributed by atoms with Crippen LogP contribution in [0.25, 0.3) is 0 Å². The molecule has 108 valence electrons. The summed E-state index contributed by atoms with van der Waals surface area (Å²) < 4.78 is 5.01. The zero-order valence-electron chi connectivity index (χ0n) is 12.3. The highest BCUT2D eigenvalue weighted by Crippen LogP contribution is 2.20. The fourth-order valence-electron chi connectivity index (χ4n) is 1.83. The van der Waals surface area contributed by atoms with Gasteiger partial charge in [-0.2, -0.15) is 0 Å². The fourth-order valence-corrected chi connectivity index (χ4v) is 2.74. The second-order valence-electron chi connectivity index (χ2n) is 4.72. The Labute approximate surface area is 122 Å². The van der Waals surface area contributed by atoms with Crippen molar-refractivity contribution in [3.05, 3.63) is 29.8 Å². The third-order valence-corrected chi connectivity index (χ3v) is 4.10. The van der Waals surface area contributed by atoms with Crippen molar-refractivity contribution in [2.75, 3.05) is 26.0 Å². The van der Waals surface area contributed by atoms with Crippen LogP contribution in [-0.4, -0.2) is 26.0 Å². The van der Waals surface area contributed by atoms with Gasteiger partial charge in [0.25, 0.3) is 0 Å². The first-order valence-electron chi connectivity index (χ1n) is 7.28. The quantitative estimate of drug-likeness (QED) is 0.487. The average Bonchev–Trinajstić information content (AvgIpc) is 2.45. The van der Waals surface area contributed by atoms with E-state index in [-0.39, 0.29) is 0 Å². The molecule has 0 fully saturated rings. The summed E-state index contributed by atoms with van der Waals surface area (Å²) in [6.07, 6.45) is 5.38. The lowest BCUT2D eigenvalue weighted by Gasteiger charge is -2.06. The molecular formula is C16H27NOS. The minimum atomic E-state index is 0.770. The largest absolute Gasteiger partial charge is 0.383 e. The number of hydrogen-bond acceptors (Lipinski definition) is 3. The molecule has 0 aliphatic rings. The van der Waals surface area contributed by atoms with E-state index >= 15 is 0 Å². The summed E-state index contributed by atoms with van der Waals surface area (Å²) >= 11 is 1.97. The van der Waals surface area contributed by atoms with Gasteiger partial charge in [0.2, 0.25) is 0 Å². The van der Waals surface area contributed by atoms with Crippen LogP contribution in [0.2, 0.25) is 0 Å². The van der Waals surface area contributed by atoms with E-state index in [0.717, 1.165) is 19.7 Å². The molecule has 1 N–H and O–H groups in total. The van der Waals surface area contributed by atoms with Crippen LogP contribution in [0.15, 0.2) is 29.2 Å². The minimum absolute atomic E-state index is 0.770. The molecule has 19 heavy (non-hydrogen) atoms. The molecule has 0 heterocycles. The summed E-state index contributed by atoms with van der Waals surface area (Å²) in [5.41, 5.74) is 1.34. The topological polar surface area (TPSA) is 21.3 Å². The molecule has 0 atom stereocenters. The Hall–Kier alpha value is -0.510. The Kier molecular flexibility index (Phi) is 9.86. The van der Waals surface area contributed by atoms with Crippen LogP contribution in [0.1, 0.15) is 38.2 Å². The van der Waals surface area contributed by atoms with Gasteiger partial charge in [-0.05, 0) is 29.9 Å². The second kappa shape index (κ2) is 11.3. The zero-order valence-corrected chi connectivity index (χ0v) is 13.1. The van der Waals surface area contributed by atoms with Gasteiger partial charge in [0.15, 0.2) is 0 Å². The van der Waals surface area contributed by atoms with Gasteiger partial charge >= 0.3 is 0 Å². The van der Waals surface area contributed by atoms with E-state index in [1.54, 1.807) is 7.11 Å². The zero-order chi connectivity index (χ0) is 13.8. The fraction of sp³-hybridized carbons (Fsp3) is 0.625. The number of hydrogen-bond donors (Lipinski definition) is 1. The highest BCUT2D eigenvalue weighted by molar-refractivity contribution is 7.99. The first-order chi connectivity index (χ1) is 9.36. The number of nitrogens with one attached hydrogen (secondary N) is 1. The van der Waals surface area contributed by atoms with Gasteiger partial charge in [-0.3, -0.25) is 0 Å². The maximum atomic E-state index is 5.01. The van der Waals surface area contributed by atoms with E-state index in [0.29, 0.717) is 0 Å². The molecule has 0 aliphatic heterocycles. The molecule has 0 spiro atoms. The third-order valence-electron chi connectivity index (χ3n) is 3.00. The monoisotopic (exact) mass is 281 g/mol. The van der Waals surface area contributed by atoms with Crippen LogP contribution < -0.4 is 5.32 Å². The van der Waals surface area contributed by atoms with Crippen LogP contribution in [0.3, 0.4) is 0 Å². The molecule has 0 unspecified atom stereocenters. The molecule has 3 heteroatoms. The number of methoxy groups -OCH3 is 1. The van der Waals surface area contributed by atoms with Gasteiger partial charge in [0.1, 0.15) is 0 Å². The van der Waals surface area contributed by atoms with Gasteiger partial charge in [0.05, 0.1) is 6.61 Å². The van der Waals surface area contributed by atoms with Gasteiger partial charge in [-0.1, -0.05) is 38.3 Å². The normalized spacial score (nSPS) is 10.8. The molecule has 2 nitrogen and oxygen atoms in total. The molecule has 1 aromatic rings. The smallest absolute Gasteiger partial charge is 0.0587 e. The summed E-state index contributed by atoms with van der Waals surface area (Å²) in [6, 6.07) is 8.90. The van der Waals surface area contributed by atoms with E-state index in [4.69, 9.17) is 4.74 Å². The number of rotatable bonds is 11. The van der Waals surface area contributed by atoms with Crippen molar-refractivity contribution in [3.63, 3.8) is 0 Å². The lowest BCUT2D eigenvalue weighted by atomic mass is 10.2. The van der Waals surface area contributed by atoms with Crippen LogP contribution in [0.4, 0.5) is 0 Å². The van der Waals surface area contributed by atoms with E-state index in [1.165, 1.54) is 41.9 Å². The number of unbranched alkanes of at least 4 members (excludes halogenated alkanes) is 3. The van der Waals surface area contributed by atoms with Gasteiger partial charge in [0, 0.05) is 25.1 Å². The molecule has 0 aliphatic carbocycles. The Morgan fingerprint density at radius 1 is 1.11 bits per heavy atom. The highest BCUT2D eigenvalue weighted by Gasteiger charge is 1.96.